The first-order valence-electron chi connectivity index (χ1n) is 12.5. The third-order valence-corrected chi connectivity index (χ3v) is 6.34. The Balaban J connectivity index is 1.65. The van der Waals surface area contributed by atoms with Crippen LogP contribution in [0.1, 0.15) is 54.0 Å². The maximum Gasteiger partial charge on any atom is 0.352 e. The predicted molar refractivity (Wildman–Crippen MR) is 150 cm³/mol. The lowest BCUT2D eigenvalue weighted by Gasteiger charge is -2.31. The number of aromatic carboxylic acids is 1. The van der Waals surface area contributed by atoms with Gasteiger partial charge in [0.05, 0.1) is 0 Å². The summed E-state index contributed by atoms with van der Waals surface area (Å²) < 4.78 is 18.9. The van der Waals surface area contributed by atoms with E-state index in [1.54, 1.807) is 75.4 Å². The van der Waals surface area contributed by atoms with Crippen LogP contribution in [0.5, 0.6) is 5.75 Å². The van der Waals surface area contributed by atoms with Gasteiger partial charge in [0.2, 0.25) is 12.3 Å². The SMILES string of the molecule is CC(C)(C)NC(=O)C(c1c(C(=O)O)[nH]c2cc(Cl)ccc12)N(C=O)Cc1ccc(OCc2ccc(F)cc2)cc1. The Hall–Kier alpha value is -4.37. The second-order valence-electron chi connectivity index (χ2n) is 10.4. The zero-order valence-corrected chi connectivity index (χ0v) is 23.0. The molecule has 1 heterocycles. The molecule has 0 saturated heterocycles. The zero-order valence-electron chi connectivity index (χ0n) is 22.2. The number of aromatic amines is 1. The van der Waals surface area contributed by atoms with Crippen molar-refractivity contribution in [1.82, 2.24) is 15.2 Å². The Labute approximate surface area is 235 Å². The highest BCUT2D eigenvalue weighted by Crippen LogP contribution is 2.34. The number of aromatic nitrogens is 1. The van der Waals surface area contributed by atoms with E-state index in [1.165, 1.54) is 17.0 Å². The number of benzene rings is 3. The quantitative estimate of drug-likeness (QED) is 0.209. The number of hydrogen-bond acceptors (Lipinski definition) is 4. The van der Waals surface area contributed by atoms with Gasteiger partial charge in [0.15, 0.2) is 0 Å². The Morgan fingerprint density at radius 3 is 2.33 bits per heavy atom. The van der Waals surface area contributed by atoms with Crippen LogP contribution in [-0.2, 0) is 22.7 Å². The monoisotopic (exact) mass is 565 g/mol. The first-order valence-corrected chi connectivity index (χ1v) is 12.9. The van der Waals surface area contributed by atoms with Crippen molar-refractivity contribution in [3.63, 3.8) is 0 Å². The molecule has 8 nitrogen and oxygen atoms in total. The number of H-pyrrole nitrogens is 1. The largest absolute Gasteiger partial charge is 0.489 e. The summed E-state index contributed by atoms with van der Waals surface area (Å²) in [5, 5.41) is 13.7. The highest BCUT2D eigenvalue weighted by Gasteiger charge is 2.35. The van der Waals surface area contributed by atoms with Crippen molar-refractivity contribution < 1.29 is 28.6 Å². The summed E-state index contributed by atoms with van der Waals surface area (Å²) >= 11 is 6.12. The van der Waals surface area contributed by atoms with Crippen LogP contribution in [0.15, 0.2) is 66.7 Å². The fourth-order valence-electron chi connectivity index (χ4n) is 4.37. The standard InChI is InChI=1S/C30H29ClFN3O5/c1-30(2,3)34-28(37)27(25-23-13-8-20(31)14-24(23)33-26(25)29(38)39)35(17-36)15-18-6-11-22(12-7-18)40-16-19-4-9-21(32)10-5-19/h4-14,17,27,33H,15-16H2,1-3H3,(H,34,37)(H,38,39). The van der Waals surface area contributed by atoms with Crippen molar-refractivity contribution in [1.29, 1.82) is 0 Å². The lowest BCUT2D eigenvalue weighted by atomic mass is 9.98. The normalized spacial score (nSPS) is 12.1. The average molecular weight is 566 g/mol. The number of fused-ring (bicyclic) bond motifs is 1. The van der Waals surface area contributed by atoms with E-state index in [-0.39, 0.29) is 30.2 Å². The van der Waals surface area contributed by atoms with Crippen LogP contribution in [0, 0.1) is 5.82 Å². The maximum absolute atomic E-state index is 13.6. The van der Waals surface area contributed by atoms with Crippen LogP contribution < -0.4 is 10.1 Å². The van der Waals surface area contributed by atoms with E-state index in [1.807, 2.05) is 0 Å². The minimum absolute atomic E-state index is 0.0172. The molecular formula is C30H29ClFN3O5. The number of amides is 2. The highest BCUT2D eigenvalue weighted by molar-refractivity contribution is 6.31. The van der Waals surface area contributed by atoms with Gasteiger partial charge in [-0.2, -0.15) is 0 Å². The first kappa shape index (κ1) is 28.6. The van der Waals surface area contributed by atoms with Crippen molar-refractivity contribution in [2.24, 2.45) is 0 Å². The van der Waals surface area contributed by atoms with Gasteiger partial charge in [0, 0.05) is 33.6 Å². The first-order chi connectivity index (χ1) is 18.9. The Kier molecular flexibility index (Phi) is 8.44. The number of halogens is 2. The summed E-state index contributed by atoms with van der Waals surface area (Å²) in [5.41, 5.74) is 1.23. The molecule has 0 saturated carbocycles. The molecule has 1 unspecified atom stereocenters. The number of nitrogens with one attached hydrogen (secondary N) is 2. The van der Waals surface area contributed by atoms with E-state index in [0.717, 1.165) is 5.56 Å². The average Bonchev–Trinajstić information content (AvgIpc) is 3.26. The molecule has 4 rings (SSSR count). The molecule has 0 radical (unpaired) electrons. The van der Waals surface area contributed by atoms with Crippen LogP contribution in [0.2, 0.25) is 5.02 Å². The van der Waals surface area contributed by atoms with Crippen molar-refractivity contribution in [3.05, 3.63) is 100.0 Å². The smallest absolute Gasteiger partial charge is 0.352 e. The van der Waals surface area contributed by atoms with E-state index in [9.17, 15) is 23.9 Å². The van der Waals surface area contributed by atoms with Crippen LogP contribution in [0.25, 0.3) is 10.9 Å². The summed E-state index contributed by atoms with van der Waals surface area (Å²) in [7, 11) is 0. The minimum atomic E-state index is -1.27. The summed E-state index contributed by atoms with van der Waals surface area (Å²) in [4.78, 5) is 42.4. The minimum Gasteiger partial charge on any atom is -0.489 e. The van der Waals surface area contributed by atoms with Gasteiger partial charge in [0.1, 0.15) is 29.9 Å². The number of carboxylic acid groups (broad SMARTS) is 1. The number of ether oxygens (including phenoxy) is 1. The molecular weight excluding hydrogens is 537 g/mol. The van der Waals surface area contributed by atoms with E-state index in [2.05, 4.69) is 10.3 Å². The van der Waals surface area contributed by atoms with Crippen molar-refractivity contribution in [2.75, 3.05) is 0 Å². The summed E-state index contributed by atoms with van der Waals surface area (Å²) in [6.45, 7) is 5.65. The Morgan fingerprint density at radius 1 is 1.07 bits per heavy atom. The fourth-order valence-corrected chi connectivity index (χ4v) is 4.54. The van der Waals surface area contributed by atoms with Crippen LogP contribution >= 0.6 is 11.6 Å². The molecule has 1 atom stereocenters. The topological polar surface area (TPSA) is 112 Å². The third kappa shape index (κ3) is 6.79. The Bertz CT molecular complexity index is 1530. The van der Waals surface area contributed by atoms with Gasteiger partial charge >= 0.3 is 5.97 Å². The van der Waals surface area contributed by atoms with Crippen molar-refractivity contribution in [3.8, 4) is 5.75 Å². The predicted octanol–water partition coefficient (Wildman–Crippen LogP) is 5.85. The Morgan fingerprint density at radius 2 is 1.73 bits per heavy atom. The highest BCUT2D eigenvalue weighted by atomic mass is 35.5. The second-order valence-corrected chi connectivity index (χ2v) is 10.8. The molecule has 3 aromatic carbocycles. The molecule has 0 aliphatic heterocycles. The number of nitrogens with zero attached hydrogens (tertiary/aromatic N) is 1. The van der Waals surface area contributed by atoms with Gasteiger partial charge in [-0.25, -0.2) is 9.18 Å². The number of rotatable bonds is 10. The van der Waals surface area contributed by atoms with Crippen LogP contribution in [0.4, 0.5) is 4.39 Å². The van der Waals surface area contributed by atoms with Gasteiger partial charge < -0.3 is 25.0 Å². The molecule has 0 spiro atoms. The molecule has 0 fully saturated rings. The molecule has 2 amide bonds. The third-order valence-electron chi connectivity index (χ3n) is 6.11. The number of carboxylic acids is 1. The van der Waals surface area contributed by atoms with E-state index >= 15 is 0 Å². The molecule has 0 bridgehead atoms. The molecule has 40 heavy (non-hydrogen) atoms. The molecule has 208 valence electrons. The number of carbonyl (C=O) groups is 3. The van der Waals surface area contributed by atoms with Crippen molar-refractivity contribution >= 4 is 40.8 Å². The number of carbonyl (C=O) groups excluding carboxylic acids is 2. The molecule has 10 heteroatoms. The van der Waals surface area contributed by atoms with E-state index in [0.29, 0.717) is 33.6 Å². The molecule has 0 aliphatic rings. The molecule has 0 aliphatic carbocycles. The maximum atomic E-state index is 13.6. The van der Waals surface area contributed by atoms with Gasteiger partial charge in [0.25, 0.3) is 0 Å². The van der Waals surface area contributed by atoms with Crippen molar-refractivity contribution in [2.45, 2.75) is 45.5 Å². The molecule has 4 aromatic rings. The summed E-state index contributed by atoms with van der Waals surface area (Å²) in [5.74, 6) is -1.56. The molecule has 1 aromatic heterocycles. The summed E-state index contributed by atoms with van der Waals surface area (Å²) in [6, 6.07) is 16.5. The van der Waals surface area contributed by atoms with Gasteiger partial charge in [-0.3, -0.25) is 9.59 Å². The summed E-state index contributed by atoms with van der Waals surface area (Å²) in [6.07, 6.45) is 0.534. The van der Waals surface area contributed by atoms with Gasteiger partial charge in [-0.05, 0) is 68.3 Å². The van der Waals surface area contributed by atoms with Gasteiger partial charge in [-0.15, -0.1) is 0 Å². The fraction of sp³-hybridized carbons (Fsp3) is 0.233. The number of hydrogen-bond donors (Lipinski definition) is 3. The zero-order chi connectivity index (χ0) is 29.0. The lowest BCUT2D eigenvalue weighted by molar-refractivity contribution is -0.134. The second kappa shape index (κ2) is 11.8. The van der Waals surface area contributed by atoms with E-state index in [4.69, 9.17) is 16.3 Å². The van der Waals surface area contributed by atoms with E-state index < -0.39 is 23.5 Å². The van der Waals surface area contributed by atoms with Crippen LogP contribution in [-0.4, -0.2) is 38.8 Å². The van der Waals surface area contributed by atoms with Gasteiger partial charge in [-0.1, -0.05) is 41.9 Å². The molecule has 3 N–H and O–H groups in total. The van der Waals surface area contributed by atoms with Crippen LogP contribution in [0.3, 0.4) is 0 Å². The lowest BCUT2D eigenvalue weighted by Crippen LogP contribution is -2.47.